The summed E-state index contributed by atoms with van der Waals surface area (Å²) in [6, 6.07) is 24.8. The van der Waals surface area contributed by atoms with Crippen molar-refractivity contribution in [1.82, 2.24) is 14.8 Å². The lowest BCUT2D eigenvalue weighted by Gasteiger charge is -2.08. The van der Waals surface area contributed by atoms with E-state index in [4.69, 9.17) is 5.10 Å². The average molecular weight is 311 g/mol. The van der Waals surface area contributed by atoms with E-state index in [1.165, 1.54) is 0 Å². The zero-order valence-electron chi connectivity index (χ0n) is 13.4. The minimum Gasteiger partial charge on any atom is -0.267 e. The van der Waals surface area contributed by atoms with Crippen LogP contribution in [-0.2, 0) is 7.05 Å². The SMILES string of the molecule is Cn1nc(-c2ccccc2)c(-c2ccccc2)c1-c1cccnc1. The molecule has 0 atom stereocenters. The molecule has 0 aliphatic carbocycles. The van der Waals surface area contributed by atoms with E-state index in [9.17, 15) is 0 Å². The fraction of sp³-hybridized carbons (Fsp3) is 0.0476. The normalized spacial score (nSPS) is 10.7. The summed E-state index contributed by atoms with van der Waals surface area (Å²) in [6.45, 7) is 0. The van der Waals surface area contributed by atoms with Crippen molar-refractivity contribution in [3.8, 4) is 33.6 Å². The molecule has 116 valence electrons. The van der Waals surface area contributed by atoms with Crippen LogP contribution in [0, 0.1) is 0 Å². The standard InChI is InChI=1S/C21H17N3/c1-24-21(18-13-8-14-22-15-18)19(16-9-4-2-5-10-16)20(23-24)17-11-6-3-7-12-17/h2-15H,1H3. The van der Waals surface area contributed by atoms with Crippen molar-refractivity contribution in [2.24, 2.45) is 7.05 Å². The number of nitrogens with zero attached hydrogens (tertiary/aromatic N) is 3. The van der Waals surface area contributed by atoms with Crippen LogP contribution in [0.25, 0.3) is 33.6 Å². The number of rotatable bonds is 3. The van der Waals surface area contributed by atoms with Crippen molar-refractivity contribution in [3.63, 3.8) is 0 Å². The second-order valence-electron chi connectivity index (χ2n) is 5.67. The van der Waals surface area contributed by atoms with E-state index in [1.807, 2.05) is 48.3 Å². The van der Waals surface area contributed by atoms with Gasteiger partial charge in [0, 0.05) is 36.1 Å². The first-order valence-electron chi connectivity index (χ1n) is 7.93. The van der Waals surface area contributed by atoms with E-state index in [0.29, 0.717) is 0 Å². The van der Waals surface area contributed by atoms with Gasteiger partial charge in [0.05, 0.1) is 5.69 Å². The number of hydrogen-bond acceptors (Lipinski definition) is 2. The summed E-state index contributed by atoms with van der Waals surface area (Å²) in [4.78, 5) is 4.28. The van der Waals surface area contributed by atoms with E-state index in [0.717, 1.165) is 33.6 Å². The Bertz CT molecular complexity index is 943. The largest absolute Gasteiger partial charge is 0.267 e. The Labute approximate surface area is 141 Å². The number of aryl methyl sites for hydroxylation is 1. The minimum atomic E-state index is 0.989. The lowest BCUT2D eigenvalue weighted by molar-refractivity contribution is 0.779. The number of pyridine rings is 1. The highest BCUT2D eigenvalue weighted by molar-refractivity contribution is 5.91. The van der Waals surface area contributed by atoms with Crippen LogP contribution in [0.2, 0.25) is 0 Å². The molecule has 4 rings (SSSR count). The fourth-order valence-corrected chi connectivity index (χ4v) is 3.03. The lowest BCUT2D eigenvalue weighted by Crippen LogP contribution is -1.94. The summed E-state index contributed by atoms with van der Waals surface area (Å²) >= 11 is 0. The highest BCUT2D eigenvalue weighted by atomic mass is 15.3. The summed E-state index contributed by atoms with van der Waals surface area (Å²) in [6.07, 6.45) is 3.68. The van der Waals surface area contributed by atoms with Crippen molar-refractivity contribution in [2.45, 2.75) is 0 Å². The maximum Gasteiger partial charge on any atom is 0.101 e. The molecule has 3 heteroatoms. The van der Waals surface area contributed by atoms with Gasteiger partial charge in [-0.25, -0.2) is 0 Å². The third-order valence-corrected chi connectivity index (χ3v) is 4.09. The molecule has 24 heavy (non-hydrogen) atoms. The van der Waals surface area contributed by atoms with Crippen LogP contribution < -0.4 is 0 Å². The molecule has 0 spiro atoms. The Kier molecular flexibility index (Phi) is 3.67. The predicted molar refractivity (Wildman–Crippen MR) is 97.3 cm³/mol. The smallest absolute Gasteiger partial charge is 0.101 e. The third kappa shape index (κ3) is 2.50. The molecular formula is C21H17N3. The Morgan fingerprint density at radius 2 is 1.33 bits per heavy atom. The molecule has 0 saturated heterocycles. The van der Waals surface area contributed by atoms with E-state index in [1.54, 1.807) is 6.20 Å². The quantitative estimate of drug-likeness (QED) is 0.543. The molecule has 2 aromatic carbocycles. The number of benzene rings is 2. The highest BCUT2D eigenvalue weighted by Crippen LogP contribution is 2.39. The van der Waals surface area contributed by atoms with Crippen molar-refractivity contribution in [1.29, 1.82) is 0 Å². The van der Waals surface area contributed by atoms with Gasteiger partial charge in [0.25, 0.3) is 0 Å². The first kappa shape index (κ1) is 14.4. The van der Waals surface area contributed by atoms with E-state index in [-0.39, 0.29) is 0 Å². The monoisotopic (exact) mass is 311 g/mol. The third-order valence-electron chi connectivity index (χ3n) is 4.09. The molecule has 0 aliphatic heterocycles. The van der Waals surface area contributed by atoms with Crippen molar-refractivity contribution >= 4 is 0 Å². The molecule has 4 aromatic rings. The van der Waals surface area contributed by atoms with Gasteiger partial charge in [-0.05, 0) is 17.7 Å². The molecule has 2 aromatic heterocycles. The Balaban J connectivity index is 2.03. The summed E-state index contributed by atoms with van der Waals surface area (Å²) in [5.74, 6) is 0. The second-order valence-corrected chi connectivity index (χ2v) is 5.67. The molecule has 2 heterocycles. The first-order valence-corrected chi connectivity index (χ1v) is 7.93. The fourth-order valence-electron chi connectivity index (χ4n) is 3.03. The molecule has 0 aliphatic rings. The van der Waals surface area contributed by atoms with Crippen LogP contribution >= 0.6 is 0 Å². The average Bonchev–Trinajstić information content (AvgIpc) is 3.01. The van der Waals surface area contributed by atoms with Gasteiger partial charge in [0.15, 0.2) is 0 Å². The Morgan fingerprint density at radius 1 is 0.708 bits per heavy atom. The zero-order chi connectivity index (χ0) is 16.4. The van der Waals surface area contributed by atoms with Crippen LogP contribution in [-0.4, -0.2) is 14.8 Å². The molecule has 0 unspecified atom stereocenters. The van der Waals surface area contributed by atoms with Crippen LogP contribution in [0.3, 0.4) is 0 Å². The van der Waals surface area contributed by atoms with Gasteiger partial charge in [-0.3, -0.25) is 9.67 Å². The van der Waals surface area contributed by atoms with Crippen molar-refractivity contribution in [2.75, 3.05) is 0 Å². The summed E-state index contributed by atoms with van der Waals surface area (Å²) in [7, 11) is 1.99. The summed E-state index contributed by atoms with van der Waals surface area (Å²) in [5.41, 5.74) is 6.53. The van der Waals surface area contributed by atoms with Gasteiger partial charge < -0.3 is 0 Å². The first-order chi connectivity index (χ1) is 11.8. The predicted octanol–water partition coefficient (Wildman–Crippen LogP) is 4.82. The van der Waals surface area contributed by atoms with Crippen LogP contribution in [0.15, 0.2) is 85.2 Å². The van der Waals surface area contributed by atoms with Gasteiger partial charge >= 0.3 is 0 Å². The van der Waals surface area contributed by atoms with Crippen LogP contribution in [0.4, 0.5) is 0 Å². The summed E-state index contributed by atoms with van der Waals surface area (Å²) in [5, 5.41) is 4.82. The van der Waals surface area contributed by atoms with Gasteiger partial charge in [-0.2, -0.15) is 5.10 Å². The minimum absolute atomic E-state index is 0.989. The van der Waals surface area contributed by atoms with Crippen molar-refractivity contribution < 1.29 is 0 Å². The van der Waals surface area contributed by atoms with Gasteiger partial charge in [-0.15, -0.1) is 0 Å². The molecule has 0 N–H and O–H groups in total. The maximum atomic E-state index is 4.82. The summed E-state index contributed by atoms with van der Waals surface area (Å²) < 4.78 is 1.95. The van der Waals surface area contributed by atoms with Gasteiger partial charge in [-0.1, -0.05) is 60.7 Å². The van der Waals surface area contributed by atoms with Crippen LogP contribution in [0.1, 0.15) is 0 Å². The Hall–Kier alpha value is -3.20. The van der Waals surface area contributed by atoms with E-state index in [2.05, 4.69) is 47.4 Å². The molecule has 3 nitrogen and oxygen atoms in total. The molecule has 0 radical (unpaired) electrons. The zero-order valence-corrected chi connectivity index (χ0v) is 13.4. The molecular weight excluding hydrogens is 294 g/mol. The number of hydrogen-bond donors (Lipinski definition) is 0. The topological polar surface area (TPSA) is 30.7 Å². The van der Waals surface area contributed by atoms with Crippen LogP contribution in [0.5, 0.6) is 0 Å². The molecule has 0 fully saturated rings. The van der Waals surface area contributed by atoms with E-state index < -0.39 is 0 Å². The maximum absolute atomic E-state index is 4.82. The van der Waals surface area contributed by atoms with Gasteiger partial charge in [0.1, 0.15) is 5.69 Å². The number of aromatic nitrogens is 3. The highest BCUT2D eigenvalue weighted by Gasteiger charge is 2.20. The molecule has 0 bridgehead atoms. The lowest BCUT2D eigenvalue weighted by atomic mass is 9.96. The van der Waals surface area contributed by atoms with Gasteiger partial charge in [0.2, 0.25) is 0 Å². The van der Waals surface area contributed by atoms with E-state index >= 15 is 0 Å². The van der Waals surface area contributed by atoms with Crippen molar-refractivity contribution in [3.05, 3.63) is 85.2 Å². The molecule has 0 saturated carbocycles. The molecule has 0 amide bonds. The Morgan fingerprint density at radius 3 is 1.96 bits per heavy atom. The second kappa shape index (κ2) is 6.13.